The number of hydrogen-bond acceptors (Lipinski definition) is 1. The molecule has 0 fully saturated rings. The lowest BCUT2D eigenvalue weighted by Gasteiger charge is -2.12. The van der Waals surface area contributed by atoms with Gasteiger partial charge in [0.25, 0.3) is 0 Å². The molecule has 1 atom stereocenters. The first-order chi connectivity index (χ1) is 8.15. The van der Waals surface area contributed by atoms with Crippen molar-refractivity contribution in [3.63, 3.8) is 0 Å². The molecule has 3 nitrogen and oxygen atoms in total. The minimum absolute atomic E-state index is 0.298. The largest absolute Gasteiger partial charge is 0.324 e. The van der Waals surface area contributed by atoms with E-state index in [1.165, 1.54) is 18.2 Å². The average Bonchev–Trinajstić information content (AvgIpc) is 2.28. The van der Waals surface area contributed by atoms with Crippen molar-refractivity contribution in [2.45, 2.75) is 25.8 Å². The molecule has 0 aliphatic rings. The van der Waals surface area contributed by atoms with Crippen LogP contribution in [0.4, 0.5) is 14.9 Å². The number of anilines is 1. The summed E-state index contributed by atoms with van der Waals surface area (Å²) in [6.07, 6.45) is 6.87. The highest BCUT2D eigenvalue weighted by Crippen LogP contribution is 2.08. The minimum atomic E-state index is -0.424. The molecule has 1 rings (SSSR count). The highest BCUT2D eigenvalue weighted by atomic mass is 19.1. The summed E-state index contributed by atoms with van der Waals surface area (Å²) in [5.41, 5.74) is 0.398. The van der Waals surface area contributed by atoms with Crippen LogP contribution in [0, 0.1) is 18.2 Å². The van der Waals surface area contributed by atoms with E-state index in [4.69, 9.17) is 6.42 Å². The Bertz CT molecular complexity index is 426. The monoisotopic (exact) mass is 234 g/mol. The zero-order valence-corrected chi connectivity index (χ0v) is 9.66. The van der Waals surface area contributed by atoms with E-state index in [0.29, 0.717) is 12.1 Å². The van der Waals surface area contributed by atoms with Gasteiger partial charge in [-0.25, -0.2) is 9.18 Å². The highest BCUT2D eigenvalue weighted by Gasteiger charge is 2.08. The molecular weight excluding hydrogens is 219 g/mol. The lowest BCUT2D eigenvalue weighted by molar-refractivity contribution is 0.250. The van der Waals surface area contributed by atoms with Crippen molar-refractivity contribution in [1.29, 1.82) is 0 Å². The number of amides is 2. The Labute approximate surface area is 100 Å². The van der Waals surface area contributed by atoms with Gasteiger partial charge < -0.3 is 10.6 Å². The summed E-state index contributed by atoms with van der Waals surface area (Å²) in [4.78, 5) is 11.5. The number of urea groups is 1. The second kappa shape index (κ2) is 6.54. The van der Waals surface area contributed by atoms with Gasteiger partial charge in [0, 0.05) is 5.69 Å². The van der Waals surface area contributed by atoms with E-state index in [0.717, 1.165) is 6.42 Å². The molecule has 0 aromatic heterocycles. The van der Waals surface area contributed by atoms with Gasteiger partial charge in [-0.3, -0.25) is 0 Å². The standard InChI is InChI=1S/C13H15FN2O/c1-3-6-11(4-2)15-13(17)16-12-8-5-7-10(14)9-12/h2,5,7-9,11H,3,6H2,1H3,(H2,15,16,17). The number of benzene rings is 1. The normalized spacial score (nSPS) is 11.4. The quantitative estimate of drug-likeness (QED) is 0.773. The Morgan fingerprint density at radius 3 is 2.94 bits per heavy atom. The SMILES string of the molecule is C#CC(CCC)NC(=O)Nc1cccc(F)c1. The van der Waals surface area contributed by atoms with Gasteiger partial charge in [0.05, 0.1) is 6.04 Å². The van der Waals surface area contributed by atoms with Crippen LogP contribution in [0.1, 0.15) is 19.8 Å². The van der Waals surface area contributed by atoms with Crippen molar-refractivity contribution in [3.8, 4) is 12.3 Å². The van der Waals surface area contributed by atoms with Crippen LogP contribution in [-0.4, -0.2) is 12.1 Å². The van der Waals surface area contributed by atoms with Gasteiger partial charge in [0.1, 0.15) is 5.82 Å². The Kier molecular flexibility index (Phi) is 5.02. The van der Waals surface area contributed by atoms with Gasteiger partial charge in [-0.15, -0.1) is 6.42 Å². The first-order valence-electron chi connectivity index (χ1n) is 5.45. The van der Waals surface area contributed by atoms with Crippen LogP contribution in [0.15, 0.2) is 24.3 Å². The van der Waals surface area contributed by atoms with E-state index >= 15 is 0 Å². The zero-order valence-electron chi connectivity index (χ0n) is 9.66. The summed E-state index contributed by atoms with van der Waals surface area (Å²) in [6, 6.07) is 4.96. The van der Waals surface area contributed by atoms with E-state index in [2.05, 4.69) is 16.6 Å². The maximum atomic E-state index is 12.9. The van der Waals surface area contributed by atoms with Crippen LogP contribution >= 0.6 is 0 Å². The number of terminal acetylenes is 1. The average molecular weight is 234 g/mol. The highest BCUT2D eigenvalue weighted by molar-refractivity contribution is 5.89. The molecule has 2 amide bonds. The third kappa shape index (κ3) is 4.56. The maximum Gasteiger partial charge on any atom is 0.320 e. The Morgan fingerprint density at radius 1 is 1.59 bits per heavy atom. The lowest BCUT2D eigenvalue weighted by atomic mass is 10.2. The fourth-order valence-electron chi connectivity index (χ4n) is 1.38. The van der Waals surface area contributed by atoms with Crippen molar-refractivity contribution in [1.82, 2.24) is 5.32 Å². The van der Waals surface area contributed by atoms with Gasteiger partial charge in [0.15, 0.2) is 0 Å². The van der Waals surface area contributed by atoms with Crippen molar-refractivity contribution in [3.05, 3.63) is 30.1 Å². The van der Waals surface area contributed by atoms with Crippen molar-refractivity contribution < 1.29 is 9.18 Å². The fourth-order valence-corrected chi connectivity index (χ4v) is 1.38. The molecule has 0 heterocycles. The molecule has 1 aromatic carbocycles. The summed E-state index contributed by atoms with van der Waals surface area (Å²) in [6.45, 7) is 1.98. The molecule has 1 aromatic rings. The van der Waals surface area contributed by atoms with Gasteiger partial charge in [0.2, 0.25) is 0 Å². The van der Waals surface area contributed by atoms with Gasteiger partial charge in [-0.2, -0.15) is 0 Å². The smallest absolute Gasteiger partial charge is 0.320 e. The van der Waals surface area contributed by atoms with Gasteiger partial charge in [-0.05, 0) is 24.6 Å². The minimum Gasteiger partial charge on any atom is -0.324 e. The Hall–Kier alpha value is -2.02. The molecule has 90 valence electrons. The molecule has 0 saturated carbocycles. The number of carbonyl (C=O) groups is 1. The van der Waals surface area contributed by atoms with Crippen molar-refractivity contribution in [2.75, 3.05) is 5.32 Å². The van der Waals surface area contributed by atoms with Crippen LogP contribution in [0.3, 0.4) is 0 Å². The number of halogens is 1. The molecule has 0 aliphatic heterocycles. The summed E-state index contributed by atoms with van der Waals surface area (Å²) in [7, 11) is 0. The predicted octanol–water partition coefficient (Wildman–Crippen LogP) is 2.75. The first kappa shape index (κ1) is 13.0. The number of nitrogens with one attached hydrogen (secondary N) is 2. The van der Waals surface area contributed by atoms with Crippen LogP contribution in [0.5, 0.6) is 0 Å². The van der Waals surface area contributed by atoms with Crippen molar-refractivity contribution >= 4 is 11.7 Å². The van der Waals surface area contributed by atoms with E-state index < -0.39 is 11.8 Å². The summed E-state index contributed by atoms with van der Waals surface area (Å²) in [5, 5.41) is 5.15. The number of rotatable bonds is 4. The summed E-state index contributed by atoms with van der Waals surface area (Å²) in [5.74, 6) is 2.09. The first-order valence-corrected chi connectivity index (χ1v) is 5.45. The third-order valence-corrected chi connectivity index (χ3v) is 2.17. The third-order valence-electron chi connectivity index (χ3n) is 2.17. The number of carbonyl (C=O) groups excluding carboxylic acids is 1. The summed E-state index contributed by atoms with van der Waals surface area (Å²) < 4.78 is 12.9. The molecule has 0 bridgehead atoms. The van der Waals surface area contributed by atoms with E-state index in [1.807, 2.05) is 6.92 Å². The molecule has 2 N–H and O–H groups in total. The molecule has 0 radical (unpaired) electrons. The summed E-state index contributed by atoms with van der Waals surface area (Å²) >= 11 is 0. The fraction of sp³-hybridized carbons (Fsp3) is 0.308. The molecule has 1 unspecified atom stereocenters. The number of hydrogen-bond donors (Lipinski definition) is 2. The molecule has 4 heteroatoms. The second-order valence-electron chi connectivity index (χ2n) is 3.62. The maximum absolute atomic E-state index is 12.9. The van der Waals surface area contributed by atoms with Crippen LogP contribution in [0.2, 0.25) is 0 Å². The van der Waals surface area contributed by atoms with E-state index in [1.54, 1.807) is 6.07 Å². The zero-order chi connectivity index (χ0) is 12.7. The second-order valence-corrected chi connectivity index (χ2v) is 3.62. The molecule has 17 heavy (non-hydrogen) atoms. The van der Waals surface area contributed by atoms with Crippen LogP contribution in [0.25, 0.3) is 0 Å². The Balaban J connectivity index is 2.52. The molecule has 0 saturated heterocycles. The van der Waals surface area contributed by atoms with Crippen LogP contribution < -0.4 is 10.6 Å². The van der Waals surface area contributed by atoms with Gasteiger partial charge >= 0.3 is 6.03 Å². The Morgan fingerprint density at radius 2 is 2.35 bits per heavy atom. The van der Waals surface area contributed by atoms with Crippen LogP contribution in [-0.2, 0) is 0 Å². The molecule has 0 spiro atoms. The molecular formula is C13H15FN2O. The van der Waals surface area contributed by atoms with E-state index in [-0.39, 0.29) is 6.04 Å². The van der Waals surface area contributed by atoms with Gasteiger partial charge in [-0.1, -0.05) is 25.3 Å². The predicted molar refractivity (Wildman–Crippen MR) is 66.1 cm³/mol. The van der Waals surface area contributed by atoms with Crippen molar-refractivity contribution in [2.24, 2.45) is 0 Å². The van der Waals surface area contributed by atoms with E-state index in [9.17, 15) is 9.18 Å². The lowest BCUT2D eigenvalue weighted by Crippen LogP contribution is -2.36. The molecule has 0 aliphatic carbocycles. The topological polar surface area (TPSA) is 41.1 Å².